The first kappa shape index (κ1) is 10.7. The molecule has 1 heterocycles. The summed E-state index contributed by atoms with van der Waals surface area (Å²) in [6.07, 6.45) is 9.69. The molecule has 1 aromatic heterocycles. The number of nitrogens with zero attached hydrogens (tertiary/aromatic N) is 2. The SMILES string of the molecule is Cn1ncc(C2CCCC2)c1CCCN. The average molecular weight is 207 g/mol. The average Bonchev–Trinajstić information content (AvgIpc) is 2.84. The van der Waals surface area contributed by atoms with E-state index >= 15 is 0 Å². The lowest BCUT2D eigenvalue weighted by Gasteiger charge is -2.10. The second-order valence-electron chi connectivity index (χ2n) is 4.54. The number of aromatic nitrogens is 2. The van der Waals surface area contributed by atoms with E-state index in [1.807, 2.05) is 11.7 Å². The predicted molar refractivity (Wildman–Crippen MR) is 61.8 cm³/mol. The van der Waals surface area contributed by atoms with Crippen LogP contribution >= 0.6 is 0 Å². The summed E-state index contributed by atoms with van der Waals surface area (Å²) in [5.74, 6) is 0.770. The molecule has 0 bridgehead atoms. The minimum Gasteiger partial charge on any atom is -0.330 e. The number of nitrogens with two attached hydrogens (primary N) is 1. The van der Waals surface area contributed by atoms with E-state index in [9.17, 15) is 0 Å². The summed E-state index contributed by atoms with van der Waals surface area (Å²) in [6, 6.07) is 0. The largest absolute Gasteiger partial charge is 0.330 e. The van der Waals surface area contributed by atoms with Crippen LogP contribution in [0.5, 0.6) is 0 Å². The van der Waals surface area contributed by atoms with Crippen molar-refractivity contribution in [2.24, 2.45) is 12.8 Å². The lowest BCUT2D eigenvalue weighted by atomic mass is 9.96. The molecule has 0 atom stereocenters. The number of aryl methyl sites for hydroxylation is 1. The Hall–Kier alpha value is -0.830. The normalized spacial score (nSPS) is 17.5. The standard InChI is InChI=1S/C12H21N3/c1-15-12(7-4-8-13)11(9-14-15)10-5-2-3-6-10/h9-10H,2-8,13H2,1H3. The summed E-state index contributed by atoms with van der Waals surface area (Å²) in [6.45, 7) is 0.773. The minimum atomic E-state index is 0.770. The van der Waals surface area contributed by atoms with Crippen molar-refractivity contribution in [1.82, 2.24) is 9.78 Å². The smallest absolute Gasteiger partial charge is 0.0527 e. The van der Waals surface area contributed by atoms with Gasteiger partial charge < -0.3 is 5.73 Å². The van der Waals surface area contributed by atoms with Crippen LogP contribution in [0.3, 0.4) is 0 Å². The molecule has 1 aromatic rings. The zero-order valence-corrected chi connectivity index (χ0v) is 9.58. The van der Waals surface area contributed by atoms with Gasteiger partial charge in [0.1, 0.15) is 0 Å². The highest BCUT2D eigenvalue weighted by atomic mass is 15.3. The molecular weight excluding hydrogens is 186 g/mol. The topological polar surface area (TPSA) is 43.8 Å². The van der Waals surface area contributed by atoms with Gasteiger partial charge in [-0.2, -0.15) is 5.10 Å². The molecule has 0 amide bonds. The molecule has 3 heteroatoms. The van der Waals surface area contributed by atoms with Crippen LogP contribution in [0, 0.1) is 0 Å². The lowest BCUT2D eigenvalue weighted by Crippen LogP contribution is -2.07. The Bertz CT molecular complexity index is 311. The Kier molecular flexibility index (Phi) is 3.41. The van der Waals surface area contributed by atoms with Crippen LogP contribution in [0.4, 0.5) is 0 Å². The van der Waals surface area contributed by atoms with Crippen molar-refractivity contribution in [3.8, 4) is 0 Å². The van der Waals surface area contributed by atoms with Gasteiger partial charge in [-0.3, -0.25) is 4.68 Å². The van der Waals surface area contributed by atoms with E-state index in [1.54, 1.807) is 0 Å². The van der Waals surface area contributed by atoms with Gasteiger partial charge in [0.2, 0.25) is 0 Å². The zero-order valence-electron chi connectivity index (χ0n) is 9.58. The second-order valence-corrected chi connectivity index (χ2v) is 4.54. The van der Waals surface area contributed by atoms with Crippen LogP contribution in [0.15, 0.2) is 6.20 Å². The van der Waals surface area contributed by atoms with Crippen LogP contribution < -0.4 is 5.73 Å². The molecule has 0 spiro atoms. The molecule has 1 saturated carbocycles. The number of hydrogen-bond donors (Lipinski definition) is 1. The molecule has 0 aromatic carbocycles. The fourth-order valence-corrected chi connectivity index (χ4v) is 2.63. The monoisotopic (exact) mass is 207 g/mol. The highest BCUT2D eigenvalue weighted by molar-refractivity contribution is 5.23. The highest BCUT2D eigenvalue weighted by Crippen LogP contribution is 2.35. The molecule has 2 rings (SSSR count). The third-order valence-electron chi connectivity index (χ3n) is 3.51. The van der Waals surface area contributed by atoms with E-state index in [0.29, 0.717) is 0 Å². The van der Waals surface area contributed by atoms with Crippen molar-refractivity contribution in [1.29, 1.82) is 0 Å². The van der Waals surface area contributed by atoms with Gasteiger partial charge in [-0.05, 0) is 43.7 Å². The molecule has 2 N–H and O–H groups in total. The van der Waals surface area contributed by atoms with Crippen LogP contribution in [0.25, 0.3) is 0 Å². The third kappa shape index (κ3) is 2.23. The molecule has 84 valence electrons. The first-order valence-electron chi connectivity index (χ1n) is 6.03. The predicted octanol–water partition coefficient (Wildman–Crippen LogP) is 1.97. The first-order chi connectivity index (χ1) is 7.33. The maximum Gasteiger partial charge on any atom is 0.0527 e. The van der Waals surface area contributed by atoms with Crippen LogP contribution in [0.2, 0.25) is 0 Å². The van der Waals surface area contributed by atoms with E-state index in [2.05, 4.69) is 11.3 Å². The summed E-state index contributed by atoms with van der Waals surface area (Å²) in [7, 11) is 2.05. The van der Waals surface area contributed by atoms with Crippen LogP contribution in [-0.4, -0.2) is 16.3 Å². The number of rotatable bonds is 4. The zero-order chi connectivity index (χ0) is 10.7. The van der Waals surface area contributed by atoms with E-state index in [0.717, 1.165) is 25.3 Å². The van der Waals surface area contributed by atoms with Crippen molar-refractivity contribution >= 4 is 0 Å². The Balaban J connectivity index is 2.14. The summed E-state index contributed by atoms with van der Waals surface area (Å²) in [4.78, 5) is 0. The summed E-state index contributed by atoms with van der Waals surface area (Å²) >= 11 is 0. The maximum absolute atomic E-state index is 5.57. The minimum absolute atomic E-state index is 0.770. The quantitative estimate of drug-likeness (QED) is 0.820. The molecule has 0 radical (unpaired) electrons. The van der Waals surface area contributed by atoms with Crippen LogP contribution in [0.1, 0.15) is 49.3 Å². The van der Waals surface area contributed by atoms with Gasteiger partial charge in [0.15, 0.2) is 0 Å². The number of hydrogen-bond acceptors (Lipinski definition) is 2. The summed E-state index contributed by atoms with van der Waals surface area (Å²) < 4.78 is 2.03. The Morgan fingerprint density at radius 2 is 2.20 bits per heavy atom. The highest BCUT2D eigenvalue weighted by Gasteiger charge is 2.21. The molecule has 1 aliphatic carbocycles. The Morgan fingerprint density at radius 3 is 2.87 bits per heavy atom. The third-order valence-corrected chi connectivity index (χ3v) is 3.51. The molecular formula is C12H21N3. The van der Waals surface area contributed by atoms with E-state index in [4.69, 9.17) is 5.73 Å². The Labute approximate surface area is 91.7 Å². The van der Waals surface area contributed by atoms with Crippen molar-refractivity contribution in [2.45, 2.75) is 44.4 Å². The second kappa shape index (κ2) is 4.79. The van der Waals surface area contributed by atoms with Gasteiger partial charge in [-0.25, -0.2) is 0 Å². The van der Waals surface area contributed by atoms with Crippen molar-refractivity contribution in [3.05, 3.63) is 17.5 Å². The van der Waals surface area contributed by atoms with Crippen LogP contribution in [-0.2, 0) is 13.5 Å². The van der Waals surface area contributed by atoms with Gasteiger partial charge in [0, 0.05) is 12.7 Å². The van der Waals surface area contributed by atoms with E-state index < -0.39 is 0 Å². The molecule has 1 fully saturated rings. The van der Waals surface area contributed by atoms with E-state index in [1.165, 1.54) is 36.9 Å². The molecule has 0 saturated heterocycles. The van der Waals surface area contributed by atoms with Crippen molar-refractivity contribution in [2.75, 3.05) is 6.54 Å². The van der Waals surface area contributed by atoms with Crippen molar-refractivity contribution < 1.29 is 0 Å². The van der Waals surface area contributed by atoms with Crippen molar-refractivity contribution in [3.63, 3.8) is 0 Å². The maximum atomic E-state index is 5.57. The van der Waals surface area contributed by atoms with Gasteiger partial charge in [-0.15, -0.1) is 0 Å². The molecule has 15 heavy (non-hydrogen) atoms. The van der Waals surface area contributed by atoms with Gasteiger partial charge >= 0.3 is 0 Å². The van der Waals surface area contributed by atoms with Gasteiger partial charge in [0.05, 0.1) is 6.20 Å². The lowest BCUT2D eigenvalue weighted by molar-refractivity contribution is 0.660. The Morgan fingerprint density at radius 1 is 1.47 bits per heavy atom. The molecule has 0 unspecified atom stereocenters. The summed E-state index contributed by atoms with van der Waals surface area (Å²) in [5.41, 5.74) is 8.47. The first-order valence-corrected chi connectivity index (χ1v) is 6.03. The summed E-state index contributed by atoms with van der Waals surface area (Å²) in [5, 5.41) is 4.39. The van der Waals surface area contributed by atoms with E-state index in [-0.39, 0.29) is 0 Å². The van der Waals surface area contributed by atoms with Gasteiger partial charge in [-0.1, -0.05) is 12.8 Å². The van der Waals surface area contributed by atoms with Gasteiger partial charge in [0.25, 0.3) is 0 Å². The molecule has 0 aliphatic heterocycles. The fourth-order valence-electron chi connectivity index (χ4n) is 2.63. The molecule has 1 aliphatic rings. The molecule has 3 nitrogen and oxygen atoms in total. The fraction of sp³-hybridized carbons (Fsp3) is 0.750.